The molecular formula is C12H19ClO. The smallest absolute Gasteiger partial charge is 0.134 e. The summed E-state index contributed by atoms with van der Waals surface area (Å²) in [6, 6.07) is 5.36. The van der Waals surface area contributed by atoms with E-state index in [1.165, 1.54) is 5.56 Å². The van der Waals surface area contributed by atoms with Crippen LogP contribution in [0.1, 0.15) is 33.3 Å². The molecule has 80 valence electrons. The molecule has 0 amide bonds. The zero-order valence-corrected chi connectivity index (χ0v) is 10.1. The van der Waals surface area contributed by atoms with Gasteiger partial charge < -0.3 is 5.11 Å². The Morgan fingerprint density at radius 2 is 1.86 bits per heavy atom. The van der Waals surface area contributed by atoms with E-state index in [0.29, 0.717) is 10.9 Å². The Morgan fingerprint density at radius 1 is 1.29 bits per heavy atom. The van der Waals surface area contributed by atoms with E-state index in [0.717, 1.165) is 6.42 Å². The molecule has 1 nitrogen and oxygen atoms in total. The van der Waals surface area contributed by atoms with Crippen molar-refractivity contribution < 1.29 is 5.11 Å². The van der Waals surface area contributed by atoms with Gasteiger partial charge in [0.2, 0.25) is 0 Å². The summed E-state index contributed by atoms with van der Waals surface area (Å²) in [4.78, 5) is 0. The Balaban J connectivity index is 0.000000791. The summed E-state index contributed by atoms with van der Waals surface area (Å²) in [5, 5.41) is 9.58. The van der Waals surface area contributed by atoms with Gasteiger partial charge in [-0.3, -0.25) is 0 Å². The highest BCUT2D eigenvalue weighted by molar-refractivity contribution is 6.32. The molecular weight excluding hydrogens is 196 g/mol. The molecule has 1 N–H and O–H groups in total. The van der Waals surface area contributed by atoms with Gasteiger partial charge >= 0.3 is 0 Å². The number of aromatic hydroxyl groups is 1. The van der Waals surface area contributed by atoms with Crippen LogP contribution in [0.25, 0.3) is 0 Å². The fourth-order valence-electron chi connectivity index (χ4n) is 1.15. The first-order valence-electron chi connectivity index (χ1n) is 5.07. The average molecular weight is 215 g/mol. The van der Waals surface area contributed by atoms with Crippen molar-refractivity contribution in [2.45, 2.75) is 34.1 Å². The molecule has 0 fully saturated rings. The number of benzene rings is 1. The molecule has 0 bridgehead atoms. The number of hydrogen-bond acceptors (Lipinski definition) is 1. The second kappa shape index (κ2) is 6.72. The van der Waals surface area contributed by atoms with Crippen LogP contribution in [0.5, 0.6) is 5.75 Å². The predicted molar refractivity (Wildman–Crippen MR) is 63.0 cm³/mol. The topological polar surface area (TPSA) is 20.2 Å². The largest absolute Gasteiger partial charge is 0.506 e. The average Bonchev–Trinajstić information content (AvgIpc) is 2.14. The number of phenolic OH excluding ortho intramolecular Hbond substituents is 1. The fraction of sp³-hybridized carbons (Fsp3) is 0.500. The molecule has 1 rings (SSSR count). The molecule has 14 heavy (non-hydrogen) atoms. The molecule has 0 aliphatic rings. The van der Waals surface area contributed by atoms with E-state index in [4.69, 9.17) is 16.7 Å². The number of phenols is 1. The van der Waals surface area contributed by atoms with Crippen molar-refractivity contribution in [2.75, 3.05) is 0 Å². The van der Waals surface area contributed by atoms with Crippen LogP contribution in [-0.4, -0.2) is 5.11 Å². The van der Waals surface area contributed by atoms with Gasteiger partial charge in [-0.05, 0) is 30.0 Å². The summed E-state index contributed by atoms with van der Waals surface area (Å²) in [6.45, 7) is 8.31. The fourth-order valence-corrected chi connectivity index (χ4v) is 1.35. The van der Waals surface area contributed by atoms with Crippen LogP contribution in [0.15, 0.2) is 18.2 Å². The minimum atomic E-state index is 0.157. The van der Waals surface area contributed by atoms with Gasteiger partial charge in [0.05, 0.1) is 5.02 Å². The standard InChI is InChI=1S/C10H13ClO.C2H6/c1-7(2)5-8-3-4-10(12)9(11)6-8;1-2/h3-4,6-7,12H,5H2,1-2H3;1-2H3. The van der Waals surface area contributed by atoms with Crippen LogP contribution in [0.3, 0.4) is 0 Å². The van der Waals surface area contributed by atoms with Gasteiger partial charge in [-0.25, -0.2) is 0 Å². The lowest BCUT2D eigenvalue weighted by Gasteiger charge is -2.05. The van der Waals surface area contributed by atoms with Crippen LogP contribution in [-0.2, 0) is 6.42 Å². The molecule has 0 saturated carbocycles. The first-order chi connectivity index (χ1) is 6.59. The highest BCUT2D eigenvalue weighted by Crippen LogP contribution is 2.24. The molecule has 0 spiro atoms. The second-order valence-electron chi connectivity index (χ2n) is 3.38. The second-order valence-corrected chi connectivity index (χ2v) is 3.79. The lowest BCUT2D eigenvalue weighted by atomic mass is 10.0. The maximum atomic E-state index is 9.15. The van der Waals surface area contributed by atoms with E-state index >= 15 is 0 Å². The summed E-state index contributed by atoms with van der Waals surface area (Å²) >= 11 is 5.75. The van der Waals surface area contributed by atoms with Crippen molar-refractivity contribution in [3.63, 3.8) is 0 Å². The Labute approximate surface area is 91.7 Å². The molecule has 0 radical (unpaired) electrons. The Kier molecular flexibility index (Phi) is 6.39. The summed E-state index contributed by atoms with van der Waals surface area (Å²) < 4.78 is 0. The molecule has 0 aliphatic carbocycles. The Morgan fingerprint density at radius 3 is 2.29 bits per heavy atom. The maximum absolute atomic E-state index is 9.15. The van der Waals surface area contributed by atoms with Gasteiger partial charge in [0.25, 0.3) is 0 Å². The quantitative estimate of drug-likeness (QED) is 0.780. The molecule has 0 aromatic heterocycles. The van der Waals surface area contributed by atoms with Crippen molar-refractivity contribution in [3.8, 4) is 5.75 Å². The lowest BCUT2D eigenvalue weighted by Crippen LogP contribution is -1.93. The van der Waals surface area contributed by atoms with Crippen LogP contribution in [0.2, 0.25) is 5.02 Å². The van der Waals surface area contributed by atoms with Crippen molar-refractivity contribution in [3.05, 3.63) is 28.8 Å². The maximum Gasteiger partial charge on any atom is 0.134 e. The Hall–Kier alpha value is -0.690. The minimum Gasteiger partial charge on any atom is -0.506 e. The van der Waals surface area contributed by atoms with Crippen LogP contribution < -0.4 is 0 Å². The zero-order chi connectivity index (χ0) is 11.1. The number of hydrogen-bond donors (Lipinski definition) is 1. The van der Waals surface area contributed by atoms with Crippen molar-refractivity contribution >= 4 is 11.6 Å². The van der Waals surface area contributed by atoms with E-state index in [-0.39, 0.29) is 5.75 Å². The lowest BCUT2D eigenvalue weighted by molar-refractivity contribution is 0.475. The number of rotatable bonds is 2. The predicted octanol–water partition coefficient (Wildman–Crippen LogP) is 4.27. The van der Waals surface area contributed by atoms with Gasteiger partial charge in [0.15, 0.2) is 0 Å². The van der Waals surface area contributed by atoms with Gasteiger partial charge in [-0.2, -0.15) is 0 Å². The monoisotopic (exact) mass is 214 g/mol. The molecule has 0 heterocycles. The molecule has 1 aromatic rings. The highest BCUT2D eigenvalue weighted by Gasteiger charge is 2.01. The Bertz CT molecular complexity index is 269. The SMILES string of the molecule is CC.CC(C)Cc1ccc(O)c(Cl)c1. The van der Waals surface area contributed by atoms with E-state index in [1.807, 2.05) is 26.0 Å². The first-order valence-corrected chi connectivity index (χ1v) is 5.45. The highest BCUT2D eigenvalue weighted by atomic mass is 35.5. The summed E-state index contributed by atoms with van der Waals surface area (Å²) in [5.41, 5.74) is 1.17. The molecule has 2 heteroatoms. The molecule has 1 aromatic carbocycles. The summed E-state index contributed by atoms with van der Waals surface area (Å²) in [7, 11) is 0. The third kappa shape index (κ3) is 4.52. The summed E-state index contributed by atoms with van der Waals surface area (Å²) in [6.07, 6.45) is 1.00. The number of halogens is 1. The van der Waals surface area contributed by atoms with E-state index in [1.54, 1.807) is 6.07 Å². The van der Waals surface area contributed by atoms with Gasteiger partial charge in [0.1, 0.15) is 5.75 Å². The first kappa shape index (κ1) is 13.3. The third-order valence-electron chi connectivity index (χ3n) is 1.66. The molecule has 0 aliphatic heterocycles. The zero-order valence-electron chi connectivity index (χ0n) is 9.34. The van der Waals surface area contributed by atoms with Gasteiger partial charge in [0, 0.05) is 0 Å². The van der Waals surface area contributed by atoms with E-state index in [2.05, 4.69) is 13.8 Å². The van der Waals surface area contributed by atoms with Crippen LogP contribution in [0, 0.1) is 5.92 Å². The molecule has 0 atom stereocenters. The van der Waals surface area contributed by atoms with Crippen LogP contribution >= 0.6 is 11.6 Å². The van der Waals surface area contributed by atoms with Crippen LogP contribution in [0.4, 0.5) is 0 Å². The van der Waals surface area contributed by atoms with E-state index < -0.39 is 0 Å². The minimum absolute atomic E-state index is 0.157. The van der Waals surface area contributed by atoms with Crippen molar-refractivity contribution in [2.24, 2.45) is 5.92 Å². The molecule has 0 saturated heterocycles. The van der Waals surface area contributed by atoms with Crippen molar-refractivity contribution in [1.29, 1.82) is 0 Å². The van der Waals surface area contributed by atoms with Gasteiger partial charge in [-0.15, -0.1) is 0 Å². The summed E-state index contributed by atoms with van der Waals surface area (Å²) in [5.74, 6) is 0.773. The third-order valence-corrected chi connectivity index (χ3v) is 1.96. The molecule has 0 unspecified atom stereocenters. The van der Waals surface area contributed by atoms with E-state index in [9.17, 15) is 0 Å². The van der Waals surface area contributed by atoms with Gasteiger partial charge in [-0.1, -0.05) is 45.4 Å². The normalized spacial score (nSPS) is 9.57. The van der Waals surface area contributed by atoms with Crippen molar-refractivity contribution in [1.82, 2.24) is 0 Å².